The molecule has 4 atom stereocenters. The number of carbonyl (C=O) groups is 1. The molecule has 0 spiro atoms. The lowest BCUT2D eigenvalue weighted by Crippen LogP contribution is -2.40. The summed E-state index contributed by atoms with van der Waals surface area (Å²) in [5.41, 5.74) is 0.959. The van der Waals surface area contributed by atoms with Crippen molar-refractivity contribution in [3.8, 4) is 0 Å². The van der Waals surface area contributed by atoms with Crippen LogP contribution in [0.3, 0.4) is 0 Å². The Morgan fingerprint density at radius 1 is 1.62 bits per heavy atom. The standard InChI is InChI=1S/C12H19NO3/c1-7(2)10-5-11(9(4)13(15)16)8(3)12(14)6-10/h8-11H,1,5-6H2,2-4H3/t8?,9?,10-,11?/m1/s1. The molecule has 1 aliphatic carbocycles. The number of rotatable bonds is 3. The zero-order valence-electron chi connectivity index (χ0n) is 10.1. The number of hydrogen-bond acceptors (Lipinski definition) is 3. The molecule has 0 bridgehead atoms. The van der Waals surface area contributed by atoms with Gasteiger partial charge in [-0.15, -0.1) is 0 Å². The SMILES string of the molecule is C=C(C)[C@H]1CC(=O)C(C)C(C(C)[N+](=O)[O-])C1. The molecule has 1 fully saturated rings. The highest BCUT2D eigenvalue weighted by atomic mass is 16.6. The molecule has 3 unspecified atom stereocenters. The third-order valence-electron chi connectivity index (χ3n) is 3.80. The van der Waals surface area contributed by atoms with Gasteiger partial charge in [0.15, 0.2) is 0 Å². The van der Waals surface area contributed by atoms with Crippen LogP contribution in [0.5, 0.6) is 0 Å². The lowest BCUT2D eigenvalue weighted by Gasteiger charge is -2.33. The van der Waals surface area contributed by atoms with E-state index in [0.717, 1.165) is 5.57 Å². The van der Waals surface area contributed by atoms with Crippen LogP contribution in [-0.4, -0.2) is 16.7 Å². The predicted molar refractivity (Wildman–Crippen MR) is 61.7 cm³/mol. The number of nitrogens with zero attached hydrogens (tertiary/aromatic N) is 1. The normalized spacial score (nSPS) is 32.2. The maximum absolute atomic E-state index is 11.8. The van der Waals surface area contributed by atoms with E-state index >= 15 is 0 Å². The van der Waals surface area contributed by atoms with E-state index in [9.17, 15) is 14.9 Å². The molecule has 0 aromatic rings. The minimum Gasteiger partial charge on any atom is -0.299 e. The summed E-state index contributed by atoms with van der Waals surface area (Å²) < 4.78 is 0. The van der Waals surface area contributed by atoms with Crippen molar-refractivity contribution in [3.63, 3.8) is 0 Å². The summed E-state index contributed by atoms with van der Waals surface area (Å²) in [6, 6.07) is -0.652. The molecule has 1 rings (SSSR count). The molecule has 4 heteroatoms. The topological polar surface area (TPSA) is 60.2 Å². The predicted octanol–water partition coefficient (Wildman–Crippen LogP) is 2.46. The number of ketones is 1. The first kappa shape index (κ1) is 12.9. The van der Waals surface area contributed by atoms with Gasteiger partial charge < -0.3 is 0 Å². The van der Waals surface area contributed by atoms with Crippen molar-refractivity contribution in [2.24, 2.45) is 17.8 Å². The molecular weight excluding hydrogens is 206 g/mol. The number of allylic oxidation sites excluding steroid dienone is 1. The van der Waals surface area contributed by atoms with Gasteiger partial charge in [-0.05, 0) is 19.3 Å². The Morgan fingerprint density at radius 2 is 2.19 bits per heavy atom. The molecular formula is C12H19NO3. The Kier molecular flexibility index (Phi) is 3.83. The molecule has 4 nitrogen and oxygen atoms in total. The van der Waals surface area contributed by atoms with Gasteiger partial charge in [0.25, 0.3) is 0 Å². The fourth-order valence-electron chi connectivity index (χ4n) is 2.43. The van der Waals surface area contributed by atoms with Gasteiger partial charge in [-0.3, -0.25) is 14.9 Å². The molecule has 0 aromatic heterocycles. The Morgan fingerprint density at radius 3 is 2.62 bits per heavy atom. The molecule has 0 amide bonds. The first-order valence-corrected chi connectivity index (χ1v) is 5.66. The summed E-state index contributed by atoms with van der Waals surface area (Å²) in [5, 5.41) is 10.8. The second-order valence-corrected chi connectivity index (χ2v) is 4.93. The molecule has 0 N–H and O–H groups in total. The number of Topliss-reactive ketones (excluding diaryl/α,β-unsaturated/α-hetero) is 1. The van der Waals surface area contributed by atoms with Crippen LogP contribution in [0, 0.1) is 27.9 Å². The maximum atomic E-state index is 11.8. The first-order chi connectivity index (χ1) is 7.34. The van der Waals surface area contributed by atoms with E-state index in [1.165, 1.54) is 0 Å². The van der Waals surface area contributed by atoms with Gasteiger partial charge >= 0.3 is 0 Å². The molecule has 1 saturated carbocycles. The van der Waals surface area contributed by atoms with E-state index in [-0.39, 0.29) is 28.5 Å². The van der Waals surface area contributed by atoms with E-state index in [2.05, 4.69) is 6.58 Å². The minimum atomic E-state index is -0.652. The summed E-state index contributed by atoms with van der Waals surface area (Å²) in [6.07, 6.45) is 1.21. The van der Waals surface area contributed by atoms with Gasteiger partial charge in [-0.1, -0.05) is 19.1 Å². The smallest absolute Gasteiger partial charge is 0.213 e. The van der Waals surface area contributed by atoms with Gasteiger partial charge in [-0.2, -0.15) is 0 Å². The number of hydrogen-bond donors (Lipinski definition) is 0. The zero-order valence-corrected chi connectivity index (χ0v) is 10.1. The molecule has 0 aliphatic heterocycles. The number of carbonyl (C=O) groups excluding carboxylic acids is 1. The van der Waals surface area contributed by atoms with Crippen LogP contribution in [0.15, 0.2) is 12.2 Å². The number of nitro groups is 1. The molecule has 90 valence electrons. The van der Waals surface area contributed by atoms with Crippen molar-refractivity contribution in [1.29, 1.82) is 0 Å². The van der Waals surface area contributed by atoms with Crippen molar-refractivity contribution in [3.05, 3.63) is 22.3 Å². The van der Waals surface area contributed by atoms with Crippen molar-refractivity contribution in [2.75, 3.05) is 0 Å². The van der Waals surface area contributed by atoms with Crippen molar-refractivity contribution in [2.45, 2.75) is 39.7 Å². The maximum Gasteiger partial charge on any atom is 0.213 e. The van der Waals surface area contributed by atoms with Crippen LogP contribution in [-0.2, 0) is 4.79 Å². The molecule has 0 saturated heterocycles. The summed E-state index contributed by atoms with van der Waals surface area (Å²) in [7, 11) is 0. The first-order valence-electron chi connectivity index (χ1n) is 5.66. The Labute approximate surface area is 95.9 Å². The molecule has 16 heavy (non-hydrogen) atoms. The summed E-state index contributed by atoms with van der Waals surface area (Å²) >= 11 is 0. The van der Waals surface area contributed by atoms with Gasteiger partial charge in [0, 0.05) is 30.1 Å². The average molecular weight is 225 g/mol. The quantitative estimate of drug-likeness (QED) is 0.421. The summed E-state index contributed by atoms with van der Waals surface area (Å²) in [6.45, 7) is 9.15. The second kappa shape index (κ2) is 4.76. The van der Waals surface area contributed by atoms with Crippen molar-refractivity contribution < 1.29 is 9.72 Å². The Hall–Kier alpha value is -1.19. The minimum absolute atomic E-state index is 0.121. The summed E-state index contributed by atoms with van der Waals surface area (Å²) in [4.78, 5) is 22.3. The fourth-order valence-corrected chi connectivity index (χ4v) is 2.43. The highest BCUT2D eigenvalue weighted by molar-refractivity contribution is 5.82. The molecule has 1 aliphatic rings. The van der Waals surface area contributed by atoms with Crippen LogP contribution in [0.25, 0.3) is 0 Å². The molecule has 0 radical (unpaired) electrons. The molecule has 0 heterocycles. The third-order valence-corrected chi connectivity index (χ3v) is 3.80. The van der Waals surface area contributed by atoms with E-state index in [4.69, 9.17) is 0 Å². The lowest BCUT2D eigenvalue weighted by atomic mass is 9.69. The third kappa shape index (κ3) is 2.49. The van der Waals surface area contributed by atoms with E-state index < -0.39 is 6.04 Å². The van der Waals surface area contributed by atoms with Crippen molar-refractivity contribution in [1.82, 2.24) is 0 Å². The van der Waals surface area contributed by atoms with Crippen LogP contribution in [0.2, 0.25) is 0 Å². The van der Waals surface area contributed by atoms with E-state index in [1.54, 1.807) is 6.92 Å². The van der Waals surface area contributed by atoms with Crippen molar-refractivity contribution >= 4 is 5.78 Å². The monoisotopic (exact) mass is 225 g/mol. The van der Waals surface area contributed by atoms with E-state index in [1.807, 2.05) is 13.8 Å². The fraction of sp³-hybridized carbons (Fsp3) is 0.750. The highest BCUT2D eigenvalue weighted by Crippen LogP contribution is 2.37. The van der Waals surface area contributed by atoms with Gasteiger partial charge in [-0.25, -0.2) is 0 Å². The highest BCUT2D eigenvalue weighted by Gasteiger charge is 2.41. The van der Waals surface area contributed by atoms with E-state index in [0.29, 0.717) is 12.8 Å². The summed E-state index contributed by atoms with van der Waals surface area (Å²) in [5.74, 6) is -0.0944. The van der Waals surface area contributed by atoms with Gasteiger partial charge in [0.05, 0.1) is 0 Å². The second-order valence-electron chi connectivity index (χ2n) is 4.93. The molecule has 0 aromatic carbocycles. The van der Waals surface area contributed by atoms with Crippen LogP contribution in [0.1, 0.15) is 33.6 Å². The van der Waals surface area contributed by atoms with Crippen LogP contribution >= 0.6 is 0 Å². The zero-order chi connectivity index (χ0) is 12.5. The van der Waals surface area contributed by atoms with Crippen LogP contribution < -0.4 is 0 Å². The van der Waals surface area contributed by atoms with Gasteiger partial charge in [0.1, 0.15) is 5.78 Å². The lowest BCUT2D eigenvalue weighted by molar-refractivity contribution is -0.529. The van der Waals surface area contributed by atoms with Crippen LogP contribution in [0.4, 0.5) is 0 Å². The average Bonchev–Trinajstić information content (AvgIpc) is 2.20. The Bertz CT molecular complexity index is 320. The largest absolute Gasteiger partial charge is 0.299 e. The Balaban J connectivity index is 2.85. The van der Waals surface area contributed by atoms with Gasteiger partial charge in [0.2, 0.25) is 6.04 Å².